The third kappa shape index (κ3) is 4.21. The highest BCUT2D eigenvalue weighted by Gasteiger charge is 2.01. The topological polar surface area (TPSA) is 56.0 Å². The minimum absolute atomic E-state index is 0.244. The molecule has 1 rings (SSSR count). The first-order valence-electron chi connectivity index (χ1n) is 5.25. The van der Waals surface area contributed by atoms with Crippen molar-refractivity contribution in [3.8, 4) is 6.07 Å². The van der Waals surface area contributed by atoms with Gasteiger partial charge in [0.05, 0.1) is 17.7 Å². The average molecular weight is 283 g/mol. The molecule has 16 heavy (non-hydrogen) atoms. The first kappa shape index (κ1) is 13.0. The molecule has 0 spiro atoms. The molecule has 0 bridgehead atoms. The Kier molecular flexibility index (Phi) is 5.30. The Morgan fingerprint density at radius 2 is 2.31 bits per heavy atom. The van der Waals surface area contributed by atoms with Gasteiger partial charge < -0.3 is 10.4 Å². The number of aliphatic hydroxyl groups is 1. The second-order valence-corrected chi connectivity index (χ2v) is 4.58. The Hall–Kier alpha value is -1.05. The van der Waals surface area contributed by atoms with Crippen LogP contribution in [0.2, 0.25) is 0 Å². The molecule has 0 saturated heterocycles. The Labute approximate surface area is 104 Å². The molecule has 0 aliphatic heterocycles. The van der Waals surface area contributed by atoms with Crippen LogP contribution in [-0.4, -0.2) is 17.8 Å². The van der Waals surface area contributed by atoms with E-state index in [-0.39, 0.29) is 6.10 Å². The van der Waals surface area contributed by atoms with Crippen molar-refractivity contribution in [1.82, 2.24) is 0 Å². The van der Waals surface area contributed by atoms with Gasteiger partial charge in [0, 0.05) is 16.7 Å². The van der Waals surface area contributed by atoms with E-state index in [1.165, 1.54) is 0 Å². The van der Waals surface area contributed by atoms with Crippen molar-refractivity contribution in [2.24, 2.45) is 0 Å². The van der Waals surface area contributed by atoms with E-state index in [1.54, 1.807) is 19.1 Å². The van der Waals surface area contributed by atoms with Gasteiger partial charge in [-0.2, -0.15) is 5.26 Å². The normalized spacial score (nSPS) is 11.9. The predicted octanol–water partition coefficient (Wildman–Crippen LogP) is 2.89. The number of nitrogens with zero attached hydrogens (tertiary/aromatic N) is 1. The van der Waals surface area contributed by atoms with Crippen molar-refractivity contribution in [2.45, 2.75) is 25.9 Å². The molecule has 0 fully saturated rings. The van der Waals surface area contributed by atoms with Gasteiger partial charge in [-0.25, -0.2) is 0 Å². The van der Waals surface area contributed by atoms with Crippen LogP contribution in [0.4, 0.5) is 5.69 Å². The summed E-state index contributed by atoms with van der Waals surface area (Å²) < 4.78 is 0.892. The van der Waals surface area contributed by atoms with Crippen LogP contribution in [0.25, 0.3) is 0 Å². The van der Waals surface area contributed by atoms with Gasteiger partial charge in [0.25, 0.3) is 0 Å². The van der Waals surface area contributed by atoms with Crippen LogP contribution in [0, 0.1) is 11.3 Å². The van der Waals surface area contributed by atoms with E-state index >= 15 is 0 Å². The van der Waals surface area contributed by atoms with Crippen molar-refractivity contribution in [3.05, 3.63) is 28.2 Å². The third-order valence-electron chi connectivity index (χ3n) is 2.21. The largest absolute Gasteiger partial charge is 0.393 e. The molecule has 1 unspecified atom stereocenters. The molecule has 0 heterocycles. The van der Waals surface area contributed by atoms with E-state index in [0.717, 1.165) is 29.5 Å². The van der Waals surface area contributed by atoms with Crippen LogP contribution in [0.5, 0.6) is 0 Å². The molecular formula is C12H15BrN2O. The van der Waals surface area contributed by atoms with Crippen LogP contribution in [0.15, 0.2) is 22.7 Å². The Bertz CT molecular complexity index is 385. The quantitative estimate of drug-likeness (QED) is 0.817. The maximum atomic E-state index is 9.10. The van der Waals surface area contributed by atoms with Gasteiger partial charge in [-0.05, 0) is 53.9 Å². The molecule has 0 aromatic heterocycles. The Morgan fingerprint density at radius 1 is 1.56 bits per heavy atom. The number of hydrogen-bond donors (Lipinski definition) is 2. The van der Waals surface area contributed by atoms with Gasteiger partial charge in [0.15, 0.2) is 0 Å². The summed E-state index contributed by atoms with van der Waals surface area (Å²) in [6.07, 6.45) is 1.47. The molecule has 0 amide bonds. The first-order valence-corrected chi connectivity index (χ1v) is 6.04. The van der Waals surface area contributed by atoms with Gasteiger partial charge in [-0.15, -0.1) is 0 Å². The number of rotatable bonds is 5. The van der Waals surface area contributed by atoms with Crippen molar-refractivity contribution < 1.29 is 5.11 Å². The lowest BCUT2D eigenvalue weighted by molar-refractivity contribution is 0.183. The molecule has 1 aromatic rings. The van der Waals surface area contributed by atoms with E-state index in [0.29, 0.717) is 5.56 Å². The monoisotopic (exact) mass is 282 g/mol. The number of nitrogens with one attached hydrogen (secondary N) is 1. The van der Waals surface area contributed by atoms with Gasteiger partial charge in [0.1, 0.15) is 0 Å². The van der Waals surface area contributed by atoms with Crippen molar-refractivity contribution >= 4 is 21.6 Å². The molecular weight excluding hydrogens is 268 g/mol. The van der Waals surface area contributed by atoms with Crippen molar-refractivity contribution in [3.63, 3.8) is 0 Å². The van der Waals surface area contributed by atoms with Crippen LogP contribution >= 0.6 is 15.9 Å². The fourth-order valence-electron chi connectivity index (χ4n) is 1.35. The standard InChI is InChI=1S/C12H15BrN2O/c1-9(16)3-2-6-15-12-5-4-10(8-14)7-11(12)13/h4-5,7,9,15-16H,2-3,6H2,1H3. The van der Waals surface area contributed by atoms with Crippen LogP contribution < -0.4 is 5.32 Å². The molecule has 3 nitrogen and oxygen atoms in total. The summed E-state index contributed by atoms with van der Waals surface area (Å²) in [6, 6.07) is 7.53. The molecule has 1 aromatic carbocycles. The lowest BCUT2D eigenvalue weighted by Crippen LogP contribution is -2.06. The molecule has 2 N–H and O–H groups in total. The summed E-state index contributed by atoms with van der Waals surface area (Å²) >= 11 is 3.41. The van der Waals surface area contributed by atoms with Crippen molar-refractivity contribution in [2.75, 3.05) is 11.9 Å². The summed E-state index contributed by atoms with van der Waals surface area (Å²) in [5.74, 6) is 0. The van der Waals surface area contributed by atoms with Crippen LogP contribution in [-0.2, 0) is 0 Å². The second kappa shape index (κ2) is 6.51. The molecule has 4 heteroatoms. The smallest absolute Gasteiger partial charge is 0.0992 e. The summed E-state index contributed by atoms with van der Waals surface area (Å²) in [6.45, 7) is 2.60. The number of nitriles is 1. The summed E-state index contributed by atoms with van der Waals surface area (Å²) in [5.41, 5.74) is 1.62. The van der Waals surface area contributed by atoms with E-state index in [4.69, 9.17) is 10.4 Å². The van der Waals surface area contributed by atoms with Crippen LogP contribution in [0.3, 0.4) is 0 Å². The third-order valence-corrected chi connectivity index (χ3v) is 2.87. The zero-order valence-corrected chi connectivity index (χ0v) is 10.8. The molecule has 0 aliphatic carbocycles. The average Bonchev–Trinajstić information content (AvgIpc) is 2.25. The minimum atomic E-state index is -0.244. The fraction of sp³-hybridized carbons (Fsp3) is 0.417. The van der Waals surface area contributed by atoms with E-state index in [1.807, 2.05) is 6.07 Å². The molecule has 0 radical (unpaired) electrons. The number of benzene rings is 1. The summed E-state index contributed by atoms with van der Waals surface area (Å²) in [4.78, 5) is 0. The summed E-state index contributed by atoms with van der Waals surface area (Å²) in [5, 5.41) is 21.1. The highest BCUT2D eigenvalue weighted by Crippen LogP contribution is 2.23. The van der Waals surface area contributed by atoms with Crippen molar-refractivity contribution in [1.29, 1.82) is 5.26 Å². The maximum absolute atomic E-state index is 9.10. The molecule has 0 aliphatic rings. The zero-order chi connectivity index (χ0) is 12.0. The number of halogens is 1. The lowest BCUT2D eigenvalue weighted by Gasteiger charge is -2.09. The first-order chi connectivity index (χ1) is 7.63. The van der Waals surface area contributed by atoms with Crippen LogP contribution in [0.1, 0.15) is 25.3 Å². The molecule has 86 valence electrons. The number of anilines is 1. The molecule has 1 atom stereocenters. The van der Waals surface area contributed by atoms with Gasteiger partial charge in [0.2, 0.25) is 0 Å². The lowest BCUT2D eigenvalue weighted by atomic mass is 10.2. The van der Waals surface area contributed by atoms with E-state index in [2.05, 4.69) is 27.3 Å². The number of aliphatic hydroxyl groups excluding tert-OH is 1. The second-order valence-electron chi connectivity index (χ2n) is 3.72. The summed E-state index contributed by atoms with van der Waals surface area (Å²) in [7, 11) is 0. The predicted molar refractivity (Wildman–Crippen MR) is 68.3 cm³/mol. The highest BCUT2D eigenvalue weighted by molar-refractivity contribution is 9.10. The Morgan fingerprint density at radius 3 is 2.88 bits per heavy atom. The van der Waals surface area contributed by atoms with Gasteiger partial charge in [-0.3, -0.25) is 0 Å². The molecule has 0 saturated carbocycles. The SMILES string of the molecule is CC(O)CCCNc1ccc(C#N)cc1Br. The van der Waals surface area contributed by atoms with Gasteiger partial charge >= 0.3 is 0 Å². The Balaban J connectivity index is 2.46. The zero-order valence-electron chi connectivity index (χ0n) is 9.20. The highest BCUT2D eigenvalue weighted by atomic mass is 79.9. The van der Waals surface area contributed by atoms with E-state index < -0.39 is 0 Å². The fourth-order valence-corrected chi connectivity index (χ4v) is 1.87. The van der Waals surface area contributed by atoms with E-state index in [9.17, 15) is 0 Å². The number of hydrogen-bond acceptors (Lipinski definition) is 3. The minimum Gasteiger partial charge on any atom is -0.393 e. The van der Waals surface area contributed by atoms with Gasteiger partial charge in [-0.1, -0.05) is 0 Å². The maximum Gasteiger partial charge on any atom is 0.0992 e.